The molecule has 6 heteroatoms. The first kappa shape index (κ1) is 14.2. The summed E-state index contributed by atoms with van der Waals surface area (Å²) < 4.78 is 1.68. The predicted molar refractivity (Wildman–Crippen MR) is 71.3 cm³/mol. The third-order valence-corrected chi connectivity index (χ3v) is 3.42. The predicted octanol–water partition coefficient (Wildman–Crippen LogP) is 1.60. The topological polar surface area (TPSA) is 67.2 Å². The van der Waals surface area contributed by atoms with Crippen LogP contribution in [0.4, 0.5) is 5.69 Å². The van der Waals surface area contributed by atoms with Crippen LogP contribution in [0.25, 0.3) is 0 Å². The second-order valence-corrected chi connectivity index (χ2v) is 5.28. The van der Waals surface area contributed by atoms with Crippen LogP contribution in [0.5, 0.6) is 0 Å². The Labute approximate surface area is 109 Å². The highest BCUT2D eigenvalue weighted by Crippen LogP contribution is 2.22. The molecule has 0 bridgehead atoms. The number of rotatable bonds is 5. The van der Waals surface area contributed by atoms with Gasteiger partial charge in [0.15, 0.2) is 0 Å². The fraction of sp³-hybridized carbons (Fsp3) is 0.636. The minimum Gasteiger partial charge on any atom is -0.394 e. The Hall–Kier alpha value is -0.880. The Morgan fingerprint density at radius 2 is 2.24 bits per heavy atom. The molecule has 0 radical (unpaired) electrons. The number of anilines is 1. The maximum absolute atomic E-state index is 11.9. The van der Waals surface area contributed by atoms with E-state index < -0.39 is 0 Å². The molecule has 0 aliphatic carbocycles. The van der Waals surface area contributed by atoms with Crippen molar-refractivity contribution in [1.29, 1.82) is 0 Å². The Kier molecular flexibility index (Phi) is 4.70. The maximum atomic E-state index is 11.9. The third-order valence-electron chi connectivity index (χ3n) is 2.65. The van der Waals surface area contributed by atoms with Crippen LogP contribution in [-0.2, 0) is 6.54 Å². The van der Waals surface area contributed by atoms with Crippen molar-refractivity contribution in [3.8, 4) is 0 Å². The van der Waals surface area contributed by atoms with Gasteiger partial charge in [0.2, 0.25) is 0 Å². The van der Waals surface area contributed by atoms with Crippen LogP contribution in [0, 0.1) is 0 Å². The van der Waals surface area contributed by atoms with Gasteiger partial charge in [0.25, 0.3) is 5.56 Å². The lowest BCUT2D eigenvalue weighted by Crippen LogP contribution is -2.32. The van der Waals surface area contributed by atoms with Gasteiger partial charge in [0.1, 0.15) is 4.47 Å². The Morgan fingerprint density at radius 3 is 2.76 bits per heavy atom. The van der Waals surface area contributed by atoms with Gasteiger partial charge in [-0.3, -0.25) is 4.79 Å². The first-order valence-corrected chi connectivity index (χ1v) is 6.35. The highest BCUT2D eigenvalue weighted by molar-refractivity contribution is 9.10. The molecular weight excluding hydrogens is 286 g/mol. The van der Waals surface area contributed by atoms with Gasteiger partial charge in [-0.1, -0.05) is 6.92 Å². The number of aromatic nitrogens is 2. The monoisotopic (exact) mass is 303 g/mol. The van der Waals surface area contributed by atoms with Crippen LogP contribution in [-0.4, -0.2) is 27.0 Å². The van der Waals surface area contributed by atoms with E-state index in [4.69, 9.17) is 5.11 Å². The first-order valence-electron chi connectivity index (χ1n) is 5.56. The zero-order valence-corrected chi connectivity index (χ0v) is 11.9. The molecule has 0 unspecified atom stereocenters. The lowest BCUT2D eigenvalue weighted by atomic mass is 10.0. The molecule has 5 nitrogen and oxygen atoms in total. The highest BCUT2D eigenvalue weighted by Gasteiger charge is 2.17. The van der Waals surface area contributed by atoms with E-state index in [1.165, 1.54) is 4.68 Å². The minimum atomic E-state index is -0.240. The summed E-state index contributed by atoms with van der Waals surface area (Å²) in [5, 5.41) is 16.1. The first-order chi connectivity index (χ1) is 7.91. The van der Waals surface area contributed by atoms with Crippen LogP contribution in [0.15, 0.2) is 15.5 Å². The van der Waals surface area contributed by atoms with Crippen molar-refractivity contribution in [2.24, 2.45) is 0 Å². The molecule has 0 aliphatic heterocycles. The number of aliphatic hydroxyl groups excluding tert-OH is 1. The summed E-state index contributed by atoms with van der Waals surface area (Å²) in [6, 6.07) is 0. The lowest BCUT2D eigenvalue weighted by molar-refractivity contribution is 0.266. The van der Waals surface area contributed by atoms with Gasteiger partial charge < -0.3 is 10.4 Å². The summed E-state index contributed by atoms with van der Waals surface area (Å²) in [5.41, 5.74) is 0.340. The molecule has 0 aromatic carbocycles. The standard InChI is InChI=1S/C11H18BrN3O2/c1-4-11(2,3)14-8-7-13-15(5-6-16)10(17)9(8)12/h7,14,16H,4-6H2,1-3H3. The van der Waals surface area contributed by atoms with E-state index >= 15 is 0 Å². The number of aliphatic hydroxyl groups is 1. The molecule has 1 rings (SSSR count). The van der Waals surface area contributed by atoms with Crippen molar-refractivity contribution in [3.05, 3.63) is 21.0 Å². The highest BCUT2D eigenvalue weighted by atomic mass is 79.9. The van der Waals surface area contributed by atoms with E-state index in [0.717, 1.165) is 6.42 Å². The summed E-state index contributed by atoms with van der Waals surface area (Å²) in [6.45, 7) is 6.28. The second-order valence-electron chi connectivity index (χ2n) is 4.49. The zero-order chi connectivity index (χ0) is 13.1. The van der Waals surface area contributed by atoms with E-state index in [2.05, 4.69) is 47.1 Å². The van der Waals surface area contributed by atoms with Gasteiger partial charge in [-0.25, -0.2) is 4.68 Å². The zero-order valence-electron chi connectivity index (χ0n) is 10.3. The van der Waals surface area contributed by atoms with Crippen LogP contribution in [0.3, 0.4) is 0 Å². The molecule has 0 amide bonds. The Bertz CT molecular complexity index is 443. The number of hydrogen-bond acceptors (Lipinski definition) is 4. The Morgan fingerprint density at radius 1 is 1.59 bits per heavy atom. The third kappa shape index (κ3) is 3.54. The lowest BCUT2D eigenvalue weighted by Gasteiger charge is -2.26. The SMILES string of the molecule is CCC(C)(C)Nc1cnn(CCO)c(=O)c1Br. The van der Waals surface area contributed by atoms with Crippen LogP contribution < -0.4 is 10.9 Å². The largest absolute Gasteiger partial charge is 0.394 e. The van der Waals surface area contributed by atoms with E-state index in [1.807, 2.05) is 0 Å². The quantitative estimate of drug-likeness (QED) is 0.867. The van der Waals surface area contributed by atoms with Gasteiger partial charge in [0, 0.05) is 5.54 Å². The fourth-order valence-corrected chi connectivity index (χ4v) is 1.67. The summed E-state index contributed by atoms with van der Waals surface area (Å²) in [5.74, 6) is 0. The summed E-state index contributed by atoms with van der Waals surface area (Å²) in [4.78, 5) is 11.9. The number of hydrogen-bond donors (Lipinski definition) is 2. The van der Waals surface area contributed by atoms with Gasteiger partial charge in [-0.15, -0.1) is 0 Å². The number of nitrogens with one attached hydrogen (secondary N) is 1. The van der Waals surface area contributed by atoms with E-state index in [9.17, 15) is 4.79 Å². The van der Waals surface area contributed by atoms with Crippen molar-refractivity contribution in [2.75, 3.05) is 11.9 Å². The van der Waals surface area contributed by atoms with Gasteiger partial charge in [-0.2, -0.15) is 5.10 Å². The van der Waals surface area contributed by atoms with Crippen molar-refractivity contribution in [1.82, 2.24) is 9.78 Å². The molecule has 0 fully saturated rings. The van der Waals surface area contributed by atoms with E-state index in [1.54, 1.807) is 6.20 Å². The van der Waals surface area contributed by atoms with Crippen LogP contribution in [0.2, 0.25) is 0 Å². The normalized spacial score (nSPS) is 11.6. The molecule has 0 saturated carbocycles. The van der Waals surface area contributed by atoms with E-state index in [-0.39, 0.29) is 24.2 Å². The van der Waals surface area contributed by atoms with E-state index in [0.29, 0.717) is 10.2 Å². The molecule has 1 aromatic rings. The molecule has 0 aliphatic rings. The molecule has 0 saturated heterocycles. The maximum Gasteiger partial charge on any atom is 0.283 e. The average molecular weight is 304 g/mol. The Balaban J connectivity index is 3.05. The van der Waals surface area contributed by atoms with Gasteiger partial charge in [-0.05, 0) is 36.2 Å². The van der Waals surface area contributed by atoms with Gasteiger partial charge in [0.05, 0.1) is 25.0 Å². The summed E-state index contributed by atoms with van der Waals surface area (Å²) in [6.07, 6.45) is 2.53. The van der Waals surface area contributed by atoms with Gasteiger partial charge >= 0.3 is 0 Å². The molecule has 1 aromatic heterocycles. The molecule has 2 N–H and O–H groups in total. The van der Waals surface area contributed by atoms with Crippen LogP contribution in [0.1, 0.15) is 27.2 Å². The molecule has 96 valence electrons. The molecule has 0 atom stereocenters. The molecular formula is C11H18BrN3O2. The smallest absolute Gasteiger partial charge is 0.283 e. The minimum absolute atomic E-state index is 0.0974. The average Bonchev–Trinajstić information content (AvgIpc) is 2.29. The molecule has 17 heavy (non-hydrogen) atoms. The van der Waals surface area contributed by atoms with Crippen molar-refractivity contribution >= 4 is 21.6 Å². The fourth-order valence-electron chi connectivity index (χ4n) is 1.26. The second kappa shape index (κ2) is 5.64. The van der Waals surface area contributed by atoms with Crippen LogP contribution >= 0.6 is 15.9 Å². The van der Waals surface area contributed by atoms with Crippen molar-refractivity contribution < 1.29 is 5.11 Å². The number of halogens is 1. The summed E-state index contributed by atoms with van der Waals surface area (Å²) >= 11 is 3.27. The van der Waals surface area contributed by atoms with Crippen molar-refractivity contribution in [2.45, 2.75) is 39.3 Å². The van der Waals surface area contributed by atoms with Crippen molar-refractivity contribution in [3.63, 3.8) is 0 Å². The molecule has 0 spiro atoms. The summed E-state index contributed by atoms with van der Waals surface area (Å²) in [7, 11) is 0. The number of nitrogens with zero attached hydrogens (tertiary/aromatic N) is 2. The molecule has 1 heterocycles.